The molecule has 19 heavy (non-hydrogen) atoms. The van der Waals surface area contributed by atoms with E-state index in [1.807, 2.05) is 6.92 Å². The molecular weight excluding hydrogens is 250 g/mol. The molecule has 0 heterocycles. The molecule has 112 valence electrons. The molecule has 0 aromatic heterocycles. The Bertz CT molecular complexity index is 239. The highest BCUT2D eigenvalue weighted by atomic mass is 32.1. The zero-order chi connectivity index (χ0) is 13.9. The van der Waals surface area contributed by atoms with Crippen molar-refractivity contribution in [3.05, 3.63) is 12.3 Å². The standard InChI is InChI=1S/C17H33NS/c1-15(2)18-12-7-5-3-4-6-8-16-9-10-17(14-16)11-13-19/h16-19H,1,3-14H2,2H3/t16-,17?/m1/s1. The van der Waals surface area contributed by atoms with E-state index in [0.717, 1.165) is 29.8 Å². The summed E-state index contributed by atoms with van der Waals surface area (Å²) in [6, 6.07) is 0. The third-order valence-corrected chi connectivity index (χ3v) is 4.66. The molecule has 0 aromatic rings. The highest BCUT2D eigenvalue weighted by Gasteiger charge is 2.23. The second-order valence-corrected chi connectivity index (χ2v) is 6.77. The quantitative estimate of drug-likeness (QED) is 0.393. The smallest absolute Gasteiger partial charge is 0.0143 e. The number of unbranched alkanes of at least 4 members (excludes halogenated alkanes) is 4. The highest BCUT2D eigenvalue weighted by Crippen LogP contribution is 2.36. The normalized spacial score (nSPS) is 22.6. The molecule has 0 bridgehead atoms. The van der Waals surface area contributed by atoms with Crippen molar-refractivity contribution >= 4 is 12.6 Å². The molecule has 1 rings (SSSR count). The molecule has 0 saturated heterocycles. The Morgan fingerprint density at radius 2 is 1.68 bits per heavy atom. The summed E-state index contributed by atoms with van der Waals surface area (Å²) >= 11 is 4.35. The van der Waals surface area contributed by atoms with Gasteiger partial charge in [0.1, 0.15) is 0 Å². The Morgan fingerprint density at radius 1 is 1.05 bits per heavy atom. The van der Waals surface area contributed by atoms with Gasteiger partial charge in [0.15, 0.2) is 0 Å². The van der Waals surface area contributed by atoms with E-state index >= 15 is 0 Å². The van der Waals surface area contributed by atoms with Crippen molar-refractivity contribution in [3.8, 4) is 0 Å². The maximum Gasteiger partial charge on any atom is 0.0143 e. The summed E-state index contributed by atoms with van der Waals surface area (Å²) in [5.41, 5.74) is 1.09. The van der Waals surface area contributed by atoms with Crippen molar-refractivity contribution < 1.29 is 0 Å². The van der Waals surface area contributed by atoms with E-state index in [2.05, 4.69) is 24.5 Å². The van der Waals surface area contributed by atoms with Crippen molar-refractivity contribution in [2.75, 3.05) is 12.3 Å². The summed E-state index contributed by atoms with van der Waals surface area (Å²) in [7, 11) is 0. The van der Waals surface area contributed by atoms with Crippen LogP contribution in [0.5, 0.6) is 0 Å². The Morgan fingerprint density at radius 3 is 2.37 bits per heavy atom. The average molecular weight is 284 g/mol. The first kappa shape index (κ1) is 16.9. The van der Waals surface area contributed by atoms with E-state index in [0.29, 0.717) is 0 Å². The molecule has 0 spiro atoms. The van der Waals surface area contributed by atoms with Gasteiger partial charge in [0, 0.05) is 12.2 Å². The minimum atomic E-state index is 0.996. The Kier molecular flexibility index (Phi) is 9.50. The lowest BCUT2D eigenvalue weighted by molar-refractivity contribution is 0.435. The van der Waals surface area contributed by atoms with Crippen LogP contribution in [0.4, 0.5) is 0 Å². The van der Waals surface area contributed by atoms with Gasteiger partial charge in [0.25, 0.3) is 0 Å². The molecule has 2 heteroatoms. The van der Waals surface area contributed by atoms with Crippen LogP contribution in [0.25, 0.3) is 0 Å². The van der Waals surface area contributed by atoms with Crippen molar-refractivity contribution in [1.82, 2.24) is 5.32 Å². The molecule has 1 aliphatic carbocycles. The average Bonchev–Trinajstić information content (AvgIpc) is 2.80. The number of hydrogen-bond donors (Lipinski definition) is 2. The fourth-order valence-electron chi connectivity index (χ4n) is 3.28. The van der Waals surface area contributed by atoms with Crippen molar-refractivity contribution in [2.45, 2.75) is 71.1 Å². The molecule has 0 radical (unpaired) electrons. The molecule has 0 amide bonds. The van der Waals surface area contributed by atoms with E-state index in [4.69, 9.17) is 0 Å². The summed E-state index contributed by atoms with van der Waals surface area (Å²) in [5, 5.41) is 3.30. The summed E-state index contributed by atoms with van der Waals surface area (Å²) in [6.45, 7) is 6.98. The lowest BCUT2D eigenvalue weighted by Gasteiger charge is -2.10. The maximum atomic E-state index is 4.35. The second kappa shape index (κ2) is 10.7. The van der Waals surface area contributed by atoms with Gasteiger partial charge < -0.3 is 5.32 Å². The minimum Gasteiger partial charge on any atom is -0.389 e. The molecule has 1 fully saturated rings. The monoisotopic (exact) mass is 283 g/mol. The van der Waals surface area contributed by atoms with Gasteiger partial charge in [-0.2, -0.15) is 12.6 Å². The first-order valence-electron chi connectivity index (χ1n) is 8.22. The van der Waals surface area contributed by atoms with Gasteiger partial charge in [-0.25, -0.2) is 0 Å². The molecule has 1 N–H and O–H groups in total. The molecule has 0 aliphatic heterocycles. The van der Waals surface area contributed by atoms with Gasteiger partial charge in [-0.15, -0.1) is 0 Å². The van der Waals surface area contributed by atoms with Gasteiger partial charge in [-0.1, -0.05) is 51.5 Å². The molecule has 1 unspecified atom stereocenters. The van der Waals surface area contributed by atoms with Gasteiger partial charge in [-0.05, 0) is 43.8 Å². The summed E-state index contributed by atoms with van der Waals surface area (Å²) < 4.78 is 0. The SMILES string of the molecule is C=C(C)NCCCCCCC[C@@H]1CCC(CCS)C1. The molecule has 1 aliphatic rings. The lowest BCUT2D eigenvalue weighted by Crippen LogP contribution is -2.11. The predicted octanol–water partition coefficient (Wildman–Crippen LogP) is 5.19. The van der Waals surface area contributed by atoms with Crippen LogP contribution in [0.15, 0.2) is 12.3 Å². The number of rotatable bonds is 11. The van der Waals surface area contributed by atoms with Crippen LogP contribution in [0.3, 0.4) is 0 Å². The minimum absolute atomic E-state index is 0.996. The molecule has 1 nitrogen and oxygen atoms in total. The number of allylic oxidation sites excluding steroid dienone is 1. The van der Waals surface area contributed by atoms with Crippen molar-refractivity contribution in [1.29, 1.82) is 0 Å². The number of hydrogen-bond acceptors (Lipinski definition) is 2. The van der Waals surface area contributed by atoms with Crippen LogP contribution >= 0.6 is 12.6 Å². The van der Waals surface area contributed by atoms with Gasteiger partial charge in [0.2, 0.25) is 0 Å². The Labute approximate surface area is 126 Å². The fraction of sp³-hybridized carbons (Fsp3) is 0.882. The Hall–Kier alpha value is -0.110. The van der Waals surface area contributed by atoms with E-state index in [9.17, 15) is 0 Å². The third-order valence-electron chi connectivity index (χ3n) is 4.40. The predicted molar refractivity (Wildman–Crippen MR) is 89.8 cm³/mol. The zero-order valence-corrected chi connectivity index (χ0v) is 13.7. The molecule has 2 atom stereocenters. The Balaban J connectivity index is 1.85. The van der Waals surface area contributed by atoms with E-state index in [1.54, 1.807) is 0 Å². The topological polar surface area (TPSA) is 12.0 Å². The summed E-state index contributed by atoms with van der Waals surface area (Å²) in [4.78, 5) is 0. The highest BCUT2D eigenvalue weighted by molar-refractivity contribution is 7.80. The number of nitrogens with one attached hydrogen (secondary N) is 1. The van der Waals surface area contributed by atoms with Gasteiger partial charge >= 0.3 is 0 Å². The van der Waals surface area contributed by atoms with E-state index in [1.165, 1.54) is 64.2 Å². The lowest BCUT2D eigenvalue weighted by atomic mass is 9.97. The van der Waals surface area contributed by atoms with Gasteiger partial charge in [0.05, 0.1) is 0 Å². The summed E-state index contributed by atoms with van der Waals surface area (Å²) in [6.07, 6.45) is 14.2. The molecule has 0 aromatic carbocycles. The van der Waals surface area contributed by atoms with E-state index in [-0.39, 0.29) is 0 Å². The van der Waals surface area contributed by atoms with Crippen LogP contribution in [0, 0.1) is 11.8 Å². The van der Waals surface area contributed by atoms with Crippen LogP contribution < -0.4 is 5.32 Å². The number of thiol groups is 1. The summed E-state index contributed by atoms with van der Waals surface area (Å²) in [5.74, 6) is 3.11. The first-order valence-corrected chi connectivity index (χ1v) is 8.86. The zero-order valence-electron chi connectivity index (χ0n) is 12.8. The molecular formula is C17H33NS. The van der Waals surface area contributed by atoms with Crippen LogP contribution in [-0.4, -0.2) is 12.3 Å². The fourth-order valence-corrected chi connectivity index (χ4v) is 3.64. The molecule has 1 saturated carbocycles. The first-order chi connectivity index (χ1) is 9.22. The van der Waals surface area contributed by atoms with Crippen molar-refractivity contribution in [3.63, 3.8) is 0 Å². The van der Waals surface area contributed by atoms with E-state index < -0.39 is 0 Å². The second-order valence-electron chi connectivity index (χ2n) is 6.32. The largest absolute Gasteiger partial charge is 0.389 e. The van der Waals surface area contributed by atoms with Crippen LogP contribution in [-0.2, 0) is 0 Å². The van der Waals surface area contributed by atoms with Crippen molar-refractivity contribution in [2.24, 2.45) is 11.8 Å². The maximum absolute atomic E-state index is 4.35. The third kappa shape index (κ3) is 8.62. The van der Waals surface area contributed by atoms with Crippen LogP contribution in [0.1, 0.15) is 71.1 Å². The van der Waals surface area contributed by atoms with Gasteiger partial charge in [-0.3, -0.25) is 0 Å². The van der Waals surface area contributed by atoms with Crippen LogP contribution in [0.2, 0.25) is 0 Å².